The molecule has 0 aromatic carbocycles. The number of aromatic nitrogens is 4. The van der Waals surface area contributed by atoms with Gasteiger partial charge in [0.2, 0.25) is 0 Å². The first-order valence-corrected chi connectivity index (χ1v) is 4.74. The Morgan fingerprint density at radius 2 is 2.44 bits per heavy atom. The molecule has 0 saturated heterocycles. The van der Waals surface area contributed by atoms with Crippen molar-refractivity contribution >= 4 is 11.7 Å². The molecule has 0 fully saturated rings. The number of carbonyl (C=O) groups is 1. The first-order chi connectivity index (χ1) is 7.74. The van der Waals surface area contributed by atoms with E-state index in [0.717, 1.165) is 0 Å². The third kappa shape index (κ3) is 1.84. The Kier molecular flexibility index (Phi) is 2.78. The zero-order valence-corrected chi connectivity index (χ0v) is 8.75. The molecule has 0 spiro atoms. The van der Waals surface area contributed by atoms with Crippen LogP contribution < -0.4 is 5.73 Å². The maximum atomic E-state index is 11.2. The Balaban J connectivity index is 2.41. The maximum Gasteiger partial charge on any atom is 0.341 e. The lowest BCUT2D eigenvalue weighted by Gasteiger charge is -1.97. The number of nitrogens with zero attached hydrogens (tertiary/aromatic N) is 4. The van der Waals surface area contributed by atoms with Gasteiger partial charge in [0.15, 0.2) is 5.82 Å². The number of nitrogens with two attached hydrogens (primary N) is 1. The van der Waals surface area contributed by atoms with E-state index < -0.39 is 5.97 Å². The van der Waals surface area contributed by atoms with Crippen LogP contribution in [0.5, 0.6) is 0 Å². The van der Waals surface area contributed by atoms with Crippen LogP contribution in [0.1, 0.15) is 16.2 Å². The molecule has 0 atom stereocenters. The van der Waals surface area contributed by atoms with Crippen molar-refractivity contribution in [1.29, 1.82) is 0 Å². The van der Waals surface area contributed by atoms with Gasteiger partial charge in [-0.1, -0.05) is 0 Å². The van der Waals surface area contributed by atoms with Gasteiger partial charge in [0.05, 0.1) is 12.7 Å². The van der Waals surface area contributed by atoms with E-state index in [4.69, 9.17) is 5.73 Å². The smallest absolute Gasteiger partial charge is 0.341 e. The van der Waals surface area contributed by atoms with Crippen molar-refractivity contribution in [2.75, 3.05) is 13.7 Å². The van der Waals surface area contributed by atoms with Gasteiger partial charge in [-0.25, -0.2) is 14.3 Å². The lowest BCUT2D eigenvalue weighted by atomic mass is 10.3. The molecule has 0 aliphatic heterocycles. The summed E-state index contributed by atoms with van der Waals surface area (Å²) in [5, 5.41) is 4.14. The third-order valence-electron chi connectivity index (χ3n) is 2.03. The fraction of sp³-hybridized carbons (Fsp3) is 0.333. The maximum absolute atomic E-state index is 11.2. The molecule has 2 rings (SSSR count). The molecule has 0 bridgehead atoms. The van der Waals surface area contributed by atoms with Crippen LogP contribution in [-0.4, -0.2) is 39.2 Å². The van der Waals surface area contributed by atoms with E-state index in [1.807, 2.05) is 0 Å². The van der Waals surface area contributed by atoms with Crippen molar-refractivity contribution < 1.29 is 9.53 Å². The van der Waals surface area contributed by atoms with Crippen molar-refractivity contribution in [3.63, 3.8) is 0 Å². The molecule has 84 valence electrons. The normalized spacial score (nSPS) is 10.6. The lowest BCUT2D eigenvalue weighted by molar-refractivity contribution is 0.0599. The first-order valence-electron chi connectivity index (χ1n) is 4.74. The number of fused-ring (bicyclic) bond motifs is 1. The van der Waals surface area contributed by atoms with Crippen LogP contribution in [0.15, 0.2) is 12.4 Å². The molecule has 0 aliphatic carbocycles. The second kappa shape index (κ2) is 4.23. The highest BCUT2D eigenvalue weighted by atomic mass is 16.5. The quantitative estimate of drug-likeness (QED) is 0.696. The summed E-state index contributed by atoms with van der Waals surface area (Å²) in [5.74, 6) is 0.596. The third-order valence-corrected chi connectivity index (χ3v) is 2.03. The highest BCUT2D eigenvalue weighted by Gasteiger charge is 2.09. The summed E-state index contributed by atoms with van der Waals surface area (Å²) in [7, 11) is 1.31. The van der Waals surface area contributed by atoms with Crippen molar-refractivity contribution in [2.45, 2.75) is 6.42 Å². The van der Waals surface area contributed by atoms with Crippen molar-refractivity contribution in [3.8, 4) is 0 Å². The first kappa shape index (κ1) is 10.5. The van der Waals surface area contributed by atoms with Crippen LogP contribution in [0.4, 0.5) is 0 Å². The molecule has 2 heterocycles. The minimum atomic E-state index is -0.453. The molecule has 2 aromatic rings. The minimum Gasteiger partial charge on any atom is -0.465 e. The number of rotatable bonds is 3. The van der Waals surface area contributed by atoms with Gasteiger partial charge in [0.25, 0.3) is 5.78 Å². The number of carbonyl (C=O) groups excluding carboxylic acids is 1. The Morgan fingerprint density at radius 1 is 1.62 bits per heavy atom. The summed E-state index contributed by atoms with van der Waals surface area (Å²) in [4.78, 5) is 19.4. The predicted octanol–water partition coefficient (Wildman–Crippen LogP) is -0.588. The van der Waals surface area contributed by atoms with Gasteiger partial charge >= 0.3 is 5.97 Å². The summed E-state index contributed by atoms with van der Waals surface area (Å²) in [5.41, 5.74) is 5.73. The minimum absolute atomic E-state index is 0.333. The van der Waals surface area contributed by atoms with Crippen LogP contribution >= 0.6 is 0 Å². The Morgan fingerprint density at radius 3 is 3.12 bits per heavy atom. The van der Waals surface area contributed by atoms with Gasteiger partial charge in [-0.2, -0.15) is 4.98 Å². The average Bonchev–Trinajstić information content (AvgIpc) is 2.69. The standard InChI is InChI=1S/C9H11N5O2/c1-16-8(15)6-4-11-9-12-7(2-3-10)13-14(9)5-6/h4-5H,2-3,10H2,1H3. The van der Waals surface area contributed by atoms with Gasteiger partial charge in [0.1, 0.15) is 0 Å². The Hall–Kier alpha value is -2.02. The summed E-state index contributed by atoms with van der Waals surface area (Å²) in [6, 6.07) is 0. The molecule has 7 heteroatoms. The molecule has 0 amide bonds. The number of hydrogen-bond acceptors (Lipinski definition) is 6. The Bertz CT molecular complexity index is 522. The molecule has 2 N–H and O–H groups in total. The van der Waals surface area contributed by atoms with Gasteiger partial charge < -0.3 is 10.5 Å². The van der Waals surface area contributed by atoms with E-state index in [2.05, 4.69) is 19.8 Å². The highest BCUT2D eigenvalue weighted by Crippen LogP contribution is 2.03. The van der Waals surface area contributed by atoms with Crippen molar-refractivity contribution in [1.82, 2.24) is 19.6 Å². The van der Waals surface area contributed by atoms with E-state index in [1.165, 1.54) is 24.0 Å². The van der Waals surface area contributed by atoms with Crippen LogP contribution in [0.2, 0.25) is 0 Å². The molecule has 7 nitrogen and oxygen atoms in total. The largest absolute Gasteiger partial charge is 0.465 e. The molecule has 2 aromatic heterocycles. The number of esters is 1. The van der Waals surface area contributed by atoms with Gasteiger partial charge in [-0.3, -0.25) is 0 Å². The number of hydrogen-bond donors (Lipinski definition) is 1. The van der Waals surface area contributed by atoms with E-state index in [-0.39, 0.29) is 0 Å². The van der Waals surface area contributed by atoms with Gasteiger partial charge in [-0.15, -0.1) is 5.10 Å². The Labute approximate surface area is 91.3 Å². The lowest BCUT2D eigenvalue weighted by Crippen LogP contribution is -2.05. The monoisotopic (exact) mass is 221 g/mol. The SMILES string of the molecule is COC(=O)c1cnc2nc(CCN)nn2c1. The fourth-order valence-corrected chi connectivity index (χ4v) is 1.28. The molecule has 0 aliphatic rings. The van der Waals surface area contributed by atoms with Crippen molar-refractivity contribution in [3.05, 3.63) is 23.8 Å². The average molecular weight is 221 g/mol. The second-order valence-electron chi connectivity index (χ2n) is 3.15. The number of ether oxygens (including phenoxy) is 1. The zero-order chi connectivity index (χ0) is 11.5. The van der Waals surface area contributed by atoms with E-state index in [9.17, 15) is 4.79 Å². The van der Waals surface area contributed by atoms with Gasteiger partial charge in [-0.05, 0) is 6.54 Å². The van der Waals surface area contributed by atoms with Crippen LogP contribution in [0.3, 0.4) is 0 Å². The highest BCUT2D eigenvalue weighted by molar-refractivity contribution is 5.88. The molecule has 0 saturated carbocycles. The van der Waals surface area contributed by atoms with E-state index in [0.29, 0.717) is 30.1 Å². The van der Waals surface area contributed by atoms with E-state index >= 15 is 0 Å². The van der Waals surface area contributed by atoms with E-state index in [1.54, 1.807) is 0 Å². The topological polar surface area (TPSA) is 95.4 Å². The van der Waals surface area contributed by atoms with Crippen LogP contribution in [-0.2, 0) is 11.2 Å². The fourth-order valence-electron chi connectivity index (χ4n) is 1.28. The van der Waals surface area contributed by atoms with Crippen molar-refractivity contribution in [2.24, 2.45) is 5.73 Å². The summed E-state index contributed by atoms with van der Waals surface area (Å²) >= 11 is 0. The zero-order valence-electron chi connectivity index (χ0n) is 8.75. The predicted molar refractivity (Wildman–Crippen MR) is 54.9 cm³/mol. The molecule has 0 radical (unpaired) electrons. The summed E-state index contributed by atoms with van der Waals surface area (Å²) in [6.45, 7) is 0.473. The summed E-state index contributed by atoms with van der Waals surface area (Å²) < 4.78 is 6.02. The summed E-state index contributed by atoms with van der Waals surface area (Å²) in [6.07, 6.45) is 3.51. The van der Waals surface area contributed by atoms with Crippen LogP contribution in [0.25, 0.3) is 5.78 Å². The molecule has 0 unspecified atom stereocenters. The van der Waals surface area contributed by atoms with Crippen LogP contribution in [0, 0.1) is 0 Å². The molecular formula is C9H11N5O2. The second-order valence-corrected chi connectivity index (χ2v) is 3.15. The molecule has 16 heavy (non-hydrogen) atoms. The molecular weight excluding hydrogens is 210 g/mol. The van der Waals surface area contributed by atoms with Gasteiger partial charge in [0, 0.05) is 18.8 Å². The number of methoxy groups -OCH3 is 1.